The lowest BCUT2D eigenvalue weighted by Crippen LogP contribution is -2.11. The number of ether oxygens (including phenoxy) is 1. The van der Waals surface area contributed by atoms with Crippen LogP contribution in [-0.4, -0.2) is 4.98 Å². The molecule has 0 atom stereocenters. The van der Waals surface area contributed by atoms with Crippen molar-refractivity contribution in [3.8, 4) is 5.88 Å². The van der Waals surface area contributed by atoms with Crippen molar-refractivity contribution in [2.24, 2.45) is 0 Å². The molecule has 0 bridgehead atoms. The molecule has 0 saturated heterocycles. The van der Waals surface area contributed by atoms with Crippen LogP contribution < -0.4 is 10.5 Å². The summed E-state index contributed by atoms with van der Waals surface area (Å²) in [5, 5.41) is 0. The van der Waals surface area contributed by atoms with Crippen molar-refractivity contribution in [2.75, 3.05) is 5.73 Å². The molecule has 0 radical (unpaired) electrons. The van der Waals surface area contributed by atoms with Crippen molar-refractivity contribution in [2.45, 2.75) is 6.10 Å². The summed E-state index contributed by atoms with van der Waals surface area (Å²) in [5.74, 6) is 0.454. The number of nitrogens with two attached hydrogens (primary N) is 1. The number of pyridine rings is 1. The average Bonchev–Trinajstić information content (AvgIpc) is 2.56. The van der Waals surface area contributed by atoms with E-state index in [1.165, 1.54) is 0 Å². The van der Waals surface area contributed by atoms with E-state index in [1.54, 1.807) is 18.3 Å². The molecule has 3 nitrogen and oxygen atoms in total. The smallest absolute Gasteiger partial charge is 0.238 e. The molecule has 3 rings (SSSR count). The Labute approximate surface area is 124 Å². The number of anilines is 1. The number of hydrogen-bond acceptors (Lipinski definition) is 3. The molecule has 3 heteroatoms. The molecule has 21 heavy (non-hydrogen) atoms. The van der Waals surface area contributed by atoms with Crippen molar-refractivity contribution >= 4 is 5.69 Å². The molecular weight excluding hydrogens is 260 g/mol. The van der Waals surface area contributed by atoms with Crippen molar-refractivity contribution in [3.63, 3.8) is 0 Å². The first-order valence-electron chi connectivity index (χ1n) is 6.81. The van der Waals surface area contributed by atoms with Crippen LogP contribution in [0.5, 0.6) is 5.88 Å². The van der Waals surface area contributed by atoms with Crippen LogP contribution in [0.25, 0.3) is 0 Å². The SMILES string of the molecule is Nc1cccnc1OC(c1ccccc1)c1ccccc1. The van der Waals surface area contributed by atoms with Crippen LogP contribution >= 0.6 is 0 Å². The Kier molecular flexibility index (Phi) is 3.83. The Morgan fingerprint density at radius 1 is 0.762 bits per heavy atom. The minimum Gasteiger partial charge on any atom is -0.463 e. The molecule has 0 aliphatic rings. The second-order valence-electron chi connectivity index (χ2n) is 4.72. The van der Waals surface area contributed by atoms with Crippen molar-refractivity contribution in [1.29, 1.82) is 0 Å². The van der Waals surface area contributed by atoms with Gasteiger partial charge in [0.25, 0.3) is 0 Å². The van der Waals surface area contributed by atoms with Gasteiger partial charge in [-0.05, 0) is 23.3 Å². The van der Waals surface area contributed by atoms with E-state index in [4.69, 9.17) is 10.5 Å². The predicted octanol–water partition coefficient (Wildman–Crippen LogP) is 3.83. The maximum absolute atomic E-state index is 6.08. The lowest BCUT2D eigenvalue weighted by atomic mass is 10.0. The molecule has 1 heterocycles. The number of nitrogen functional groups attached to an aromatic ring is 1. The van der Waals surface area contributed by atoms with Crippen molar-refractivity contribution in [1.82, 2.24) is 4.98 Å². The third-order valence-corrected chi connectivity index (χ3v) is 3.23. The van der Waals surface area contributed by atoms with E-state index < -0.39 is 0 Å². The maximum atomic E-state index is 6.08. The summed E-state index contributed by atoms with van der Waals surface area (Å²) in [6.07, 6.45) is 1.45. The van der Waals surface area contributed by atoms with Crippen LogP contribution in [0.3, 0.4) is 0 Å². The van der Waals surface area contributed by atoms with Crippen LogP contribution in [0.1, 0.15) is 17.2 Å². The average molecular weight is 276 g/mol. The van der Waals surface area contributed by atoms with Crippen LogP contribution in [0, 0.1) is 0 Å². The first-order chi connectivity index (χ1) is 10.3. The third-order valence-electron chi connectivity index (χ3n) is 3.23. The molecule has 0 spiro atoms. The van der Waals surface area contributed by atoms with E-state index in [2.05, 4.69) is 4.98 Å². The van der Waals surface area contributed by atoms with E-state index in [0.29, 0.717) is 11.6 Å². The number of benzene rings is 2. The van der Waals surface area contributed by atoms with E-state index in [9.17, 15) is 0 Å². The molecule has 0 amide bonds. The largest absolute Gasteiger partial charge is 0.463 e. The first kappa shape index (κ1) is 13.2. The normalized spacial score (nSPS) is 10.5. The molecule has 1 aromatic heterocycles. The second kappa shape index (κ2) is 6.09. The van der Waals surface area contributed by atoms with Crippen LogP contribution in [0.4, 0.5) is 5.69 Å². The molecule has 2 N–H and O–H groups in total. The Hall–Kier alpha value is -2.81. The van der Waals surface area contributed by atoms with Gasteiger partial charge in [-0.1, -0.05) is 60.7 Å². The summed E-state index contributed by atoms with van der Waals surface area (Å²) in [6, 6.07) is 23.7. The highest BCUT2D eigenvalue weighted by atomic mass is 16.5. The Morgan fingerprint density at radius 3 is 1.86 bits per heavy atom. The monoisotopic (exact) mass is 276 g/mol. The third kappa shape index (κ3) is 3.03. The van der Waals surface area contributed by atoms with Crippen molar-refractivity contribution in [3.05, 3.63) is 90.1 Å². The van der Waals surface area contributed by atoms with Gasteiger partial charge in [0.15, 0.2) is 6.10 Å². The maximum Gasteiger partial charge on any atom is 0.238 e. The van der Waals surface area contributed by atoms with Gasteiger partial charge in [-0.2, -0.15) is 0 Å². The number of rotatable bonds is 4. The highest BCUT2D eigenvalue weighted by Gasteiger charge is 2.17. The fourth-order valence-electron chi connectivity index (χ4n) is 2.20. The molecule has 0 aliphatic heterocycles. The van der Waals surface area contributed by atoms with Gasteiger partial charge in [-0.3, -0.25) is 0 Å². The van der Waals surface area contributed by atoms with Gasteiger partial charge in [-0.25, -0.2) is 4.98 Å². The first-order valence-corrected chi connectivity index (χ1v) is 6.81. The topological polar surface area (TPSA) is 48.1 Å². The number of aromatic nitrogens is 1. The molecule has 0 saturated carbocycles. The van der Waals surface area contributed by atoms with E-state index in [-0.39, 0.29) is 6.10 Å². The molecule has 0 fully saturated rings. The van der Waals surface area contributed by atoms with Gasteiger partial charge < -0.3 is 10.5 Å². The molecule has 104 valence electrons. The molecule has 0 unspecified atom stereocenters. The fourth-order valence-corrected chi connectivity index (χ4v) is 2.20. The summed E-state index contributed by atoms with van der Waals surface area (Å²) in [7, 11) is 0. The highest BCUT2D eigenvalue weighted by Crippen LogP contribution is 2.29. The molecule has 3 aromatic rings. The molecule has 0 aliphatic carbocycles. The zero-order valence-corrected chi connectivity index (χ0v) is 11.5. The summed E-state index contributed by atoms with van der Waals surface area (Å²) >= 11 is 0. The predicted molar refractivity (Wildman–Crippen MR) is 84.0 cm³/mol. The highest BCUT2D eigenvalue weighted by molar-refractivity contribution is 5.47. The van der Waals surface area contributed by atoms with E-state index in [1.807, 2.05) is 60.7 Å². The van der Waals surface area contributed by atoms with E-state index in [0.717, 1.165) is 11.1 Å². The summed E-state index contributed by atoms with van der Waals surface area (Å²) in [4.78, 5) is 4.22. The summed E-state index contributed by atoms with van der Waals surface area (Å²) in [6.45, 7) is 0. The lowest BCUT2D eigenvalue weighted by molar-refractivity contribution is 0.239. The van der Waals surface area contributed by atoms with Gasteiger partial charge in [0.1, 0.15) is 0 Å². The minimum atomic E-state index is -0.232. The van der Waals surface area contributed by atoms with Crippen LogP contribution in [0.2, 0.25) is 0 Å². The summed E-state index contributed by atoms with van der Waals surface area (Å²) in [5.41, 5.74) is 8.60. The lowest BCUT2D eigenvalue weighted by Gasteiger charge is -2.20. The van der Waals surface area contributed by atoms with Gasteiger partial charge in [0, 0.05) is 6.20 Å². The van der Waals surface area contributed by atoms with Gasteiger partial charge in [0.2, 0.25) is 5.88 Å². The Morgan fingerprint density at radius 2 is 1.33 bits per heavy atom. The summed E-state index contributed by atoms with van der Waals surface area (Å²) < 4.78 is 6.08. The molecular formula is C18H16N2O. The van der Waals surface area contributed by atoms with Crippen LogP contribution in [0.15, 0.2) is 79.0 Å². The van der Waals surface area contributed by atoms with E-state index >= 15 is 0 Å². The quantitative estimate of drug-likeness (QED) is 0.787. The zero-order chi connectivity index (χ0) is 14.5. The van der Waals surface area contributed by atoms with Crippen molar-refractivity contribution < 1.29 is 4.74 Å². The standard InChI is InChI=1S/C18H16N2O/c19-16-12-7-13-20-18(16)21-17(14-8-3-1-4-9-14)15-10-5-2-6-11-15/h1-13,17H,19H2. The fraction of sp³-hybridized carbons (Fsp3) is 0.0556. The van der Waals surface area contributed by atoms with Crippen LogP contribution in [-0.2, 0) is 0 Å². The van der Waals surface area contributed by atoms with Gasteiger partial charge in [0.05, 0.1) is 5.69 Å². The van der Waals surface area contributed by atoms with Gasteiger partial charge in [-0.15, -0.1) is 0 Å². The number of nitrogens with zero attached hydrogens (tertiary/aromatic N) is 1. The minimum absolute atomic E-state index is 0.232. The number of hydrogen-bond donors (Lipinski definition) is 1. The second-order valence-corrected chi connectivity index (χ2v) is 4.72. The molecule has 2 aromatic carbocycles. The Bertz CT molecular complexity index is 659. The Balaban J connectivity index is 1.99. The van der Waals surface area contributed by atoms with Gasteiger partial charge >= 0.3 is 0 Å². The zero-order valence-electron chi connectivity index (χ0n) is 11.5.